The Kier molecular flexibility index (Phi) is 6.73. The van der Waals surface area contributed by atoms with Crippen molar-refractivity contribution < 1.29 is 19.5 Å². The lowest BCUT2D eigenvalue weighted by Gasteiger charge is -2.28. The molecule has 2 N–H and O–H groups in total. The summed E-state index contributed by atoms with van der Waals surface area (Å²) in [6, 6.07) is 4.85. The number of halogens is 1. The van der Waals surface area contributed by atoms with Crippen LogP contribution >= 0.6 is 11.6 Å². The van der Waals surface area contributed by atoms with Gasteiger partial charge < -0.3 is 20.5 Å². The molecule has 3 rings (SSSR count). The second kappa shape index (κ2) is 9.24. The second-order valence-electron chi connectivity index (χ2n) is 7.48. The molecule has 1 aromatic carbocycles. The van der Waals surface area contributed by atoms with Gasteiger partial charge in [0.15, 0.2) is 0 Å². The monoisotopic (exact) mass is 403 g/mol. The van der Waals surface area contributed by atoms with Gasteiger partial charge >= 0.3 is 0 Å². The van der Waals surface area contributed by atoms with Gasteiger partial charge in [-0.2, -0.15) is 0 Å². The van der Waals surface area contributed by atoms with E-state index in [1.807, 2.05) is 0 Å². The van der Waals surface area contributed by atoms with Crippen LogP contribution in [-0.2, 0) is 14.4 Å². The van der Waals surface area contributed by atoms with Crippen molar-refractivity contribution in [2.75, 3.05) is 10.6 Å². The van der Waals surface area contributed by atoms with Gasteiger partial charge in [0.1, 0.15) is 0 Å². The minimum absolute atomic E-state index is 0.0186. The molecule has 150 valence electrons. The smallest absolute Gasteiger partial charge is 0.228 e. The molecule has 0 unspecified atom stereocenters. The maximum absolute atomic E-state index is 12.5. The largest absolute Gasteiger partial charge is 0.550 e. The zero-order valence-electron chi connectivity index (χ0n) is 15.6. The maximum Gasteiger partial charge on any atom is 0.228 e. The molecule has 0 aliphatic heterocycles. The highest BCUT2D eigenvalue weighted by Gasteiger charge is 2.30. The molecule has 0 spiro atoms. The highest BCUT2D eigenvalue weighted by Crippen LogP contribution is 2.30. The highest BCUT2D eigenvalue weighted by molar-refractivity contribution is 6.34. The number of hydrogen-bond acceptors (Lipinski definition) is 4. The normalized spacial score (nSPS) is 22.5. The first-order valence-electron chi connectivity index (χ1n) is 9.73. The lowest BCUT2D eigenvalue weighted by molar-refractivity contribution is -0.313. The van der Waals surface area contributed by atoms with E-state index >= 15 is 0 Å². The Balaban J connectivity index is 1.63. The highest BCUT2D eigenvalue weighted by atomic mass is 35.5. The number of carboxylic acids is 1. The molecule has 28 heavy (non-hydrogen) atoms. The molecule has 7 heteroatoms. The molecule has 1 fully saturated rings. The SMILES string of the molecule is O=C(Nc1ccc(NC(=O)[C@@H]2CC=CC[C@@H]2C(=O)[O-])cc1Cl)C1CCCCC1. The van der Waals surface area contributed by atoms with Crippen LogP contribution in [0.2, 0.25) is 5.02 Å². The van der Waals surface area contributed by atoms with Crippen LogP contribution in [0.3, 0.4) is 0 Å². The van der Waals surface area contributed by atoms with Gasteiger partial charge in [-0.25, -0.2) is 0 Å². The second-order valence-corrected chi connectivity index (χ2v) is 7.89. The van der Waals surface area contributed by atoms with E-state index in [9.17, 15) is 19.5 Å². The number of nitrogens with one attached hydrogen (secondary N) is 2. The van der Waals surface area contributed by atoms with Crippen molar-refractivity contribution in [1.82, 2.24) is 0 Å². The quantitative estimate of drug-likeness (QED) is 0.738. The van der Waals surface area contributed by atoms with Crippen LogP contribution < -0.4 is 15.7 Å². The predicted octanol–water partition coefficient (Wildman–Crippen LogP) is 3.13. The number of aliphatic carboxylic acids is 1. The maximum atomic E-state index is 12.5. The zero-order chi connectivity index (χ0) is 20.1. The fraction of sp³-hybridized carbons (Fsp3) is 0.476. The third-order valence-corrected chi connectivity index (χ3v) is 5.86. The minimum Gasteiger partial charge on any atom is -0.550 e. The van der Waals surface area contributed by atoms with Gasteiger partial charge in [0.2, 0.25) is 11.8 Å². The van der Waals surface area contributed by atoms with Crippen LogP contribution in [0.4, 0.5) is 11.4 Å². The summed E-state index contributed by atoms with van der Waals surface area (Å²) in [4.78, 5) is 36.2. The molecule has 2 aliphatic carbocycles. The topological polar surface area (TPSA) is 98.3 Å². The molecule has 1 aromatic rings. The molecule has 0 radical (unpaired) electrons. The van der Waals surface area contributed by atoms with E-state index in [2.05, 4.69) is 10.6 Å². The molecular weight excluding hydrogens is 380 g/mol. The number of anilines is 2. The fourth-order valence-electron chi connectivity index (χ4n) is 3.89. The van der Waals surface area contributed by atoms with Crippen molar-refractivity contribution in [3.05, 3.63) is 35.4 Å². The Morgan fingerprint density at radius 3 is 2.25 bits per heavy atom. The molecule has 0 bridgehead atoms. The lowest BCUT2D eigenvalue weighted by atomic mass is 9.82. The number of allylic oxidation sites excluding steroid dienone is 2. The lowest BCUT2D eigenvalue weighted by Crippen LogP contribution is -2.41. The van der Waals surface area contributed by atoms with Gasteiger partial charge in [0.25, 0.3) is 0 Å². The van der Waals surface area contributed by atoms with Gasteiger partial charge in [0, 0.05) is 23.5 Å². The van der Waals surface area contributed by atoms with Crippen molar-refractivity contribution in [1.29, 1.82) is 0 Å². The Morgan fingerprint density at radius 2 is 1.61 bits per heavy atom. The molecule has 2 aliphatic rings. The summed E-state index contributed by atoms with van der Waals surface area (Å²) in [7, 11) is 0. The van der Waals surface area contributed by atoms with Gasteiger partial charge in [-0.1, -0.05) is 43.0 Å². The van der Waals surface area contributed by atoms with Gasteiger partial charge in [-0.05, 0) is 43.9 Å². The summed E-state index contributed by atoms with van der Waals surface area (Å²) in [6.45, 7) is 0. The van der Waals surface area contributed by atoms with Crippen molar-refractivity contribution in [2.45, 2.75) is 44.9 Å². The number of hydrogen-bond donors (Lipinski definition) is 2. The summed E-state index contributed by atoms with van der Waals surface area (Å²) < 4.78 is 0. The standard InChI is InChI=1S/C21H25ClN2O4/c22-17-12-14(23-20(26)15-8-4-5-9-16(15)21(27)28)10-11-18(17)24-19(25)13-6-2-1-3-7-13/h4-5,10-13,15-16H,1-3,6-9H2,(H,23,26)(H,24,25)(H,27,28)/p-1/t15-,16+/m1/s1. The first-order valence-corrected chi connectivity index (χ1v) is 10.1. The number of carbonyl (C=O) groups excluding carboxylic acids is 3. The summed E-state index contributed by atoms with van der Waals surface area (Å²) in [5.41, 5.74) is 0.959. The van der Waals surface area contributed by atoms with Gasteiger partial charge in [-0.15, -0.1) is 0 Å². The number of carboxylic acid groups (broad SMARTS) is 1. The zero-order valence-corrected chi connectivity index (χ0v) is 16.3. The Hall–Kier alpha value is -2.34. The van der Waals surface area contributed by atoms with E-state index in [0.717, 1.165) is 25.7 Å². The van der Waals surface area contributed by atoms with Crippen molar-refractivity contribution in [3.8, 4) is 0 Å². The number of amides is 2. The van der Waals surface area contributed by atoms with E-state index in [0.29, 0.717) is 22.8 Å². The fourth-order valence-corrected chi connectivity index (χ4v) is 4.12. The van der Waals surface area contributed by atoms with E-state index in [4.69, 9.17) is 11.6 Å². The van der Waals surface area contributed by atoms with Crippen LogP contribution in [0.15, 0.2) is 30.4 Å². The molecule has 6 nitrogen and oxygen atoms in total. The third-order valence-electron chi connectivity index (χ3n) is 5.54. The molecule has 0 saturated heterocycles. The number of benzene rings is 1. The first kappa shape index (κ1) is 20.4. The Morgan fingerprint density at radius 1 is 0.929 bits per heavy atom. The van der Waals surface area contributed by atoms with Crippen LogP contribution in [-0.4, -0.2) is 17.8 Å². The van der Waals surface area contributed by atoms with Crippen molar-refractivity contribution in [3.63, 3.8) is 0 Å². The summed E-state index contributed by atoms with van der Waals surface area (Å²) in [6.07, 6.45) is 9.31. The summed E-state index contributed by atoms with van der Waals surface area (Å²) in [5, 5.41) is 17.2. The summed E-state index contributed by atoms with van der Waals surface area (Å²) in [5.74, 6) is -3.12. The van der Waals surface area contributed by atoms with Crippen LogP contribution in [0.25, 0.3) is 0 Å². The van der Waals surface area contributed by atoms with Crippen LogP contribution in [0, 0.1) is 17.8 Å². The van der Waals surface area contributed by atoms with Crippen molar-refractivity contribution in [2.24, 2.45) is 17.8 Å². The van der Waals surface area contributed by atoms with E-state index in [-0.39, 0.29) is 24.2 Å². The number of carbonyl (C=O) groups is 3. The van der Waals surface area contributed by atoms with E-state index in [1.165, 1.54) is 6.42 Å². The molecular formula is C21H24ClN2O4-. The molecule has 0 aromatic heterocycles. The molecule has 2 amide bonds. The van der Waals surface area contributed by atoms with E-state index in [1.54, 1.807) is 30.4 Å². The minimum atomic E-state index is -1.22. The number of rotatable bonds is 5. The predicted molar refractivity (Wildman–Crippen MR) is 106 cm³/mol. The summed E-state index contributed by atoms with van der Waals surface area (Å²) >= 11 is 6.28. The average molecular weight is 404 g/mol. The van der Waals surface area contributed by atoms with Crippen LogP contribution in [0.5, 0.6) is 0 Å². The Bertz CT molecular complexity index is 787. The van der Waals surface area contributed by atoms with Crippen LogP contribution in [0.1, 0.15) is 44.9 Å². The van der Waals surface area contributed by atoms with Gasteiger partial charge in [0.05, 0.1) is 16.6 Å². The molecule has 1 saturated carbocycles. The molecule has 0 heterocycles. The van der Waals surface area contributed by atoms with Crippen molar-refractivity contribution >= 4 is 40.8 Å². The van der Waals surface area contributed by atoms with E-state index < -0.39 is 17.8 Å². The first-order chi connectivity index (χ1) is 13.5. The van der Waals surface area contributed by atoms with Gasteiger partial charge in [-0.3, -0.25) is 9.59 Å². The average Bonchev–Trinajstić information content (AvgIpc) is 2.70. The molecule has 2 atom stereocenters. The third kappa shape index (κ3) is 4.93. The Labute approximate surface area is 169 Å².